The first-order chi connectivity index (χ1) is 4.72. The van der Waals surface area contributed by atoms with Gasteiger partial charge in [-0.05, 0) is 13.8 Å². The largest absolute Gasteiger partial charge is 0.356 e. The molecular weight excluding hydrogens is 144 g/mol. The normalized spacial score (nSPS) is 26.6. The van der Waals surface area contributed by atoms with Crippen molar-refractivity contribution in [3.63, 3.8) is 0 Å². The van der Waals surface area contributed by atoms with Gasteiger partial charge < -0.3 is 4.90 Å². The molecule has 0 aliphatic carbocycles. The van der Waals surface area contributed by atoms with Gasteiger partial charge >= 0.3 is 0 Å². The van der Waals surface area contributed by atoms with E-state index in [1.54, 1.807) is 0 Å². The lowest BCUT2D eigenvalue weighted by Gasteiger charge is -2.33. The fraction of sp³-hybridized carbons (Fsp3) is 0.857. The average Bonchev–Trinajstić information content (AvgIpc) is 1.88. The zero-order valence-electron chi connectivity index (χ0n) is 6.55. The third-order valence-corrected chi connectivity index (χ3v) is 2.99. The smallest absolute Gasteiger partial charge is 0.0928 e. The minimum atomic E-state index is 0.566. The van der Waals surface area contributed by atoms with Crippen LogP contribution in [0.5, 0.6) is 0 Å². The molecule has 3 heteroatoms. The number of nitrogens with zero attached hydrogens (tertiary/aromatic N) is 1. The molecule has 0 bridgehead atoms. The van der Waals surface area contributed by atoms with Crippen LogP contribution in [0.3, 0.4) is 0 Å². The molecular formula is C7H14N2S. The van der Waals surface area contributed by atoms with Gasteiger partial charge in [0.25, 0.3) is 0 Å². The summed E-state index contributed by atoms with van der Waals surface area (Å²) in [6, 6.07) is 0.566. The summed E-state index contributed by atoms with van der Waals surface area (Å²) in [7, 11) is 0. The van der Waals surface area contributed by atoms with E-state index in [2.05, 4.69) is 11.8 Å². The maximum Gasteiger partial charge on any atom is 0.0928 e. The molecule has 1 N–H and O–H groups in total. The molecule has 0 amide bonds. The van der Waals surface area contributed by atoms with Crippen LogP contribution in [0.15, 0.2) is 0 Å². The van der Waals surface area contributed by atoms with Crippen molar-refractivity contribution in [1.82, 2.24) is 4.90 Å². The van der Waals surface area contributed by atoms with Crippen molar-refractivity contribution in [1.29, 1.82) is 5.41 Å². The summed E-state index contributed by atoms with van der Waals surface area (Å²) < 4.78 is 0. The Hall–Kier alpha value is -0.180. The van der Waals surface area contributed by atoms with Gasteiger partial charge in [0.1, 0.15) is 0 Å². The van der Waals surface area contributed by atoms with Crippen LogP contribution in [0.1, 0.15) is 13.8 Å². The Morgan fingerprint density at radius 2 is 2.40 bits per heavy atom. The minimum Gasteiger partial charge on any atom is -0.356 e. The first-order valence-electron chi connectivity index (χ1n) is 3.61. The van der Waals surface area contributed by atoms with Gasteiger partial charge in [-0.25, -0.2) is 0 Å². The summed E-state index contributed by atoms with van der Waals surface area (Å²) in [5.41, 5.74) is 0. The molecule has 1 heterocycles. The number of amidine groups is 1. The fourth-order valence-corrected chi connectivity index (χ4v) is 2.24. The van der Waals surface area contributed by atoms with E-state index in [9.17, 15) is 0 Å². The summed E-state index contributed by atoms with van der Waals surface area (Å²) in [4.78, 5) is 2.16. The van der Waals surface area contributed by atoms with E-state index >= 15 is 0 Å². The Kier molecular flexibility index (Phi) is 2.60. The van der Waals surface area contributed by atoms with Crippen LogP contribution < -0.4 is 0 Å². The van der Waals surface area contributed by atoms with E-state index in [4.69, 9.17) is 5.41 Å². The summed E-state index contributed by atoms with van der Waals surface area (Å²) >= 11 is 1.99. The second-order valence-electron chi connectivity index (χ2n) is 2.70. The zero-order valence-corrected chi connectivity index (χ0v) is 7.37. The van der Waals surface area contributed by atoms with Crippen LogP contribution in [0.25, 0.3) is 0 Å². The summed E-state index contributed by atoms with van der Waals surface area (Å²) in [5, 5.41) is 7.44. The average molecular weight is 158 g/mol. The first kappa shape index (κ1) is 7.92. The molecule has 58 valence electrons. The topological polar surface area (TPSA) is 27.1 Å². The van der Waals surface area contributed by atoms with E-state index in [1.165, 1.54) is 11.5 Å². The van der Waals surface area contributed by atoms with Gasteiger partial charge in [-0.15, -0.1) is 0 Å². The van der Waals surface area contributed by atoms with E-state index < -0.39 is 0 Å². The van der Waals surface area contributed by atoms with Crippen LogP contribution in [0, 0.1) is 5.41 Å². The molecule has 1 atom stereocenters. The highest BCUT2D eigenvalue weighted by atomic mass is 32.2. The molecule has 0 saturated carbocycles. The van der Waals surface area contributed by atoms with Gasteiger partial charge in [-0.2, -0.15) is 11.8 Å². The highest BCUT2D eigenvalue weighted by molar-refractivity contribution is 7.99. The maximum atomic E-state index is 7.44. The van der Waals surface area contributed by atoms with Crippen molar-refractivity contribution >= 4 is 17.6 Å². The van der Waals surface area contributed by atoms with Crippen LogP contribution in [-0.4, -0.2) is 34.8 Å². The lowest BCUT2D eigenvalue weighted by atomic mass is 10.3. The molecule has 1 saturated heterocycles. The van der Waals surface area contributed by atoms with Crippen molar-refractivity contribution < 1.29 is 0 Å². The van der Waals surface area contributed by atoms with Gasteiger partial charge in [-0.1, -0.05) is 0 Å². The molecule has 2 nitrogen and oxygen atoms in total. The second-order valence-corrected chi connectivity index (χ2v) is 3.85. The Bertz CT molecular complexity index is 136. The molecule has 10 heavy (non-hydrogen) atoms. The lowest BCUT2D eigenvalue weighted by molar-refractivity contribution is 0.361. The van der Waals surface area contributed by atoms with Crippen molar-refractivity contribution in [2.45, 2.75) is 19.9 Å². The monoisotopic (exact) mass is 158 g/mol. The molecule has 1 unspecified atom stereocenters. The summed E-state index contributed by atoms with van der Waals surface area (Å²) in [6.07, 6.45) is 0. The lowest BCUT2D eigenvalue weighted by Crippen LogP contribution is -2.42. The number of thioether (sulfide) groups is 1. The Balaban J connectivity index is 2.47. The fourth-order valence-electron chi connectivity index (χ4n) is 1.23. The standard InChI is InChI=1S/C7H14N2S/c1-6-5-10-4-3-9(6)7(2)8/h6,8H,3-5H2,1-2H3. The third-order valence-electron chi connectivity index (χ3n) is 1.80. The molecule has 0 radical (unpaired) electrons. The number of hydrogen-bond acceptors (Lipinski definition) is 2. The van der Waals surface area contributed by atoms with Crippen LogP contribution in [0.4, 0.5) is 0 Å². The first-order valence-corrected chi connectivity index (χ1v) is 4.77. The quantitative estimate of drug-likeness (QED) is 0.426. The number of hydrogen-bond donors (Lipinski definition) is 1. The van der Waals surface area contributed by atoms with Gasteiger partial charge in [0, 0.05) is 24.1 Å². The Morgan fingerprint density at radius 3 is 2.80 bits per heavy atom. The van der Waals surface area contributed by atoms with Crippen LogP contribution >= 0.6 is 11.8 Å². The molecule has 0 aromatic rings. The summed E-state index contributed by atoms with van der Waals surface area (Å²) in [6.45, 7) is 5.11. The van der Waals surface area contributed by atoms with Crippen molar-refractivity contribution in [3.8, 4) is 0 Å². The van der Waals surface area contributed by atoms with E-state index in [0.717, 1.165) is 6.54 Å². The summed E-state index contributed by atoms with van der Waals surface area (Å²) in [5.74, 6) is 3.07. The molecule has 1 aliphatic rings. The van der Waals surface area contributed by atoms with Crippen LogP contribution in [0.2, 0.25) is 0 Å². The van der Waals surface area contributed by atoms with Crippen molar-refractivity contribution in [2.24, 2.45) is 0 Å². The zero-order chi connectivity index (χ0) is 7.56. The molecule has 0 aromatic carbocycles. The number of nitrogens with one attached hydrogen (secondary N) is 1. The highest BCUT2D eigenvalue weighted by Crippen LogP contribution is 2.15. The van der Waals surface area contributed by atoms with Gasteiger partial charge in [0.15, 0.2) is 0 Å². The van der Waals surface area contributed by atoms with Crippen molar-refractivity contribution in [2.75, 3.05) is 18.1 Å². The maximum absolute atomic E-state index is 7.44. The Morgan fingerprint density at radius 1 is 1.70 bits per heavy atom. The van der Waals surface area contributed by atoms with E-state index in [0.29, 0.717) is 11.9 Å². The highest BCUT2D eigenvalue weighted by Gasteiger charge is 2.17. The van der Waals surface area contributed by atoms with E-state index in [-0.39, 0.29) is 0 Å². The van der Waals surface area contributed by atoms with Crippen molar-refractivity contribution in [3.05, 3.63) is 0 Å². The predicted molar refractivity (Wildman–Crippen MR) is 46.9 cm³/mol. The van der Waals surface area contributed by atoms with E-state index in [1.807, 2.05) is 18.7 Å². The second kappa shape index (κ2) is 3.28. The number of rotatable bonds is 0. The SMILES string of the molecule is CC(=N)N1CCSCC1C. The predicted octanol–water partition coefficient (Wildman–Crippen LogP) is 1.42. The Labute approximate surface area is 66.5 Å². The van der Waals surface area contributed by atoms with Gasteiger partial charge in [-0.3, -0.25) is 5.41 Å². The minimum absolute atomic E-state index is 0.566. The molecule has 1 rings (SSSR count). The third kappa shape index (κ3) is 1.66. The molecule has 0 aromatic heterocycles. The molecule has 1 aliphatic heterocycles. The molecule has 1 fully saturated rings. The van der Waals surface area contributed by atoms with Gasteiger partial charge in [0.05, 0.1) is 5.84 Å². The van der Waals surface area contributed by atoms with Crippen LogP contribution in [-0.2, 0) is 0 Å². The molecule has 0 spiro atoms. The van der Waals surface area contributed by atoms with Gasteiger partial charge in [0.2, 0.25) is 0 Å².